The summed E-state index contributed by atoms with van der Waals surface area (Å²) in [5.41, 5.74) is 2.84. The van der Waals surface area contributed by atoms with E-state index < -0.39 is 53.9 Å². The molecule has 1 unspecified atom stereocenters. The normalized spacial score (nSPS) is 15.3. The number of amides is 1. The van der Waals surface area contributed by atoms with E-state index in [0.29, 0.717) is 12.0 Å². The molecule has 4 aromatic rings. The summed E-state index contributed by atoms with van der Waals surface area (Å²) in [5, 5.41) is 14.2. The first-order valence-corrected chi connectivity index (χ1v) is 14.6. The molecule has 11 heteroatoms. The number of carbonyl (C=O) groups is 2. The number of carboxylic acids is 1. The van der Waals surface area contributed by atoms with Crippen molar-refractivity contribution in [3.05, 3.63) is 106 Å². The first-order chi connectivity index (χ1) is 21.4. The summed E-state index contributed by atoms with van der Waals surface area (Å²) in [7, 11) is 3.99. The van der Waals surface area contributed by atoms with Crippen molar-refractivity contribution < 1.29 is 32.3 Å². The van der Waals surface area contributed by atoms with E-state index in [1.54, 1.807) is 18.3 Å². The Bertz CT molecular complexity index is 1700. The third-order valence-electron chi connectivity index (χ3n) is 7.94. The van der Waals surface area contributed by atoms with Crippen LogP contribution in [0.2, 0.25) is 0 Å². The van der Waals surface area contributed by atoms with Crippen LogP contribution in [0.4, 0.5) is 23.2 Å². The van der Waals surface area contributed by atoms with Crippen LogP contribution in [-0.2, 0) is 24.2 Å². The predicted octanol–water partition coefficient (Wildman–Crippen LogP) is 5.83. The Kier molecular flexibility index (Phi) is 9.38. The molecule has 1 aliphatic rings. The van der Waals surface area contributed by atoms with Gasteiger partial charge in [0.2, 0.25) is 0 Å². The fourth-order valence-corrected chi connectivity index (χ4v) is 5.75. The van der Waals surface area contributed by atoms with Gasteiger partial charge in [-0.1, -0.05) is 30.3 Å². The van der Waals surface area contributed by atoms with E-state index in [1.165, 1.54) is 4.90 Å². The summed E-state index contributed by atoms with van der Waals surface area (Å²) in [6, 6.07) is 13.9. The minimum atomic E-state index is -2.83. The van der Waals surface area contributed by atoms with Crippen molar-refractivity contribution in [2.75, 3.05) is 32.1 Å². The zero-order valence-corrected chi connectivity index (χ0v) is 25.0. The maximum absolute atomic E-state index is 15.0. The highest BCUT2D eigenvalue weighted by Gasteiger charge is 2.35. The highest BCUT2D eigenvalue weighted by atomic mass is 19.3. The van der Waals surface area contributed by atoms with Crippen molar-refractivity contribution in [1.82, 2.24) is 15.2 Å². The molecule has 1 aromatic heterocycles. The first-order valence-electron chi connectivity index (χ1n) is 14.6. The molecular weight excluding hydrogens is 588 g/mol. The molecule has 0 bridgehead atoms. The van der Waals surface area contributed by atoms with E-state index in [9.17, 15) is 32.3 Å². The maximum Gasteiger partial charge on any atom is 0.326 e. The number of nitrogens with zero attached hydrogens (tertiary/aromatic N) is 3. The highest BCUT2D eigenvalue weighted by Crippen LogP contribution is 2.32. The molecule has 7 nitrogen and oxygen atoms in total. The smallest absolute Gasteiger partial charge is 0.326 e. The topological polar surface area (TPSA) is 85.8 Å². The van der Waals surface area contributed by atoms with Crippen LogP contribution in [0.15, 0.2) is 67.0 Å². The van der Waals surface area contributed by atoms with Gasteiger partial charge in [0.1, 0.15) is 23.2 Å². The Morgan fingerprint density at radius 1 is 1.00 bits per heavy atom. The van der Waals surface area contributed by atoms with Crippen molar-refractivity contribution >= 4 is 28.3 Å². The number of carbonyl (C=O) groups excluding carboxylic acids is 1. The summed E-state index contributed by atoms with van der Waals surface area (Å²) in [5.74, 6) is -7.83. The second kappa shape index (κ2) is 13.2. The molecule has 2 heterocycles. The van der Waals surface area contributed by atoms with E-state index >= 15 is 0 Å². The molecule has 236 valence electrons. The lowest BCUT2D eigenvalue weighted by atomic mass is 9.95. The highest BCUT2D eigenvalue weighted by molar-refractivity contribution is 5.97. The van der Waals surface area contributed by atoms with Gasteiger partial charge in [-0.3, -0.25) is 9.78 Å². The largest absolute Gasteiger partial charge is 0.480 e. The van der Waals surface area contributed by atoms with Crippen molar-refractivity contribution in [3.63, 3.8) is 0 Å². The lowest BCUT2D eigenvalue weighted by molar-refractivity contribution is -0.139. The first kappa shape index (κ1) is 31.9. The quantitative estimate of drug-likeness (QED) is 0.217. The van der Waals surface area contributed by atoms with Gasteiger partial charge in [0.25, 0.3) is 11.8 Å². The minimum Gasteiger partial charge on any atom is -0.480 e. The number of benzene rings is 3. The van der Waals surface area contributed by atoms with E-state index in [4.69, 9.17) is 0 Å². The van der Waals surface area contributed by atoms with Gasteiger partial charge in [-0.15, -0.1) is 0 Å². The molecule has 5 rings (SSSR count). The lowest BCUT2D eigenvalue weighted by Crippen LogP contribution is -2.43. The molecule has 2 N–H and O–H groups in total. The molecule has 3 aromatic carbocycles. The number of anilines is 1. The van der Waals surface area contributed by atoms with E-state index in [-0.39, 0.29) is 25.2 Å². The third-order valence-corrected chi connectivity index (χ3v) is 7.94. The van der Waals surface area contributed by atoms with Gasteiger partial charge in [0.05, 0.1) is 0 Å². The number of aromatic nitrogens is 1. The summed E-state index contributed by atoms with van der Waals surface area (Å²) < 4.78 is 57.0. The lowest BCUT2D eigenvalue weighted by Gasteiger charge is -2.33. The second-order valence-electron chi connectivity index (χ2n) is 11.8. The van der Waals surface area contributed by atoms with E-state index in [1.807, 2.05) is 38.5 Å². The fourth-order valence-electron chi connectivity index (χ4n) is 5.75. The summed E-state index contributed by atoms with van der Waals surface area (Å²) in [4.78, 5) is 32.8. The van der Waals surface area contributed by atoms with Gasteiger partial charge in [-0.2, -0.15) is 0 Å². The van der Waals surface area contributed by atoms with E-state index in [2.05, 4.69) is 27.3 Å². The van der Waals surface area contributed by atoms with Crippen LogP contribution < -0.4 is 10.2 Å². The maximum atomic E-state index is 15.0. The number of alkyl halides is 2. The zero-order chi connectivity index (χ0) is 32.3. The van der Waals surface area contributed by atoms with Gasteiger partial charge >= 0.3 is 5.97 Å². The molecule has 0 aliphatic carbocycles. The molecular formula is C34H34F4N4O3. The third kappa shape index (κ3) is 7.78. The van der Waals surface area contributed by atoms with Gasteiger partial charge in [0.15, 0.2) is 0 Å². The summed E-state index contributed by atoms with van der Waals surface area (Å²) in [6.45, 7) is 0.574. The number of pyridine rings is 1. The Morgan fingerprint density at radius 2 is 1.69 bits per heavy atom. The van der Waals surface area contributed by atoms with Crippen LogP contribution >= 0.6 is 0 Å². The Labute approximate surface area is 258 Å². The molecule has 0 radical (unpaired) electrons. The van der Waals surface area contributed by atoms with Gasteiger partial charge in [-0.05, 0) is 72.4 Å². The van der Waals surface area contributed by atoms with Crippen LogP contribution in [0.1, 0.15) is 45.5 Å². The fraction of sp³-hybridized carbons (Fsp3) is 0.324. The van der Waals surface area contributed by atoms with Crippen LogP contribution in [0.25, 0.3) is 10.8 Å². The van der Waals surface area contributed by atoms with Gasteiger partial charge in [0, 0.05) is 62.4 Å². The van der Waals surface area contributed by atoms with Crippen molar-refractivity contribution in [2.45, 2.75) is 44.2 Å². The van der Waals surface area contributed by atoms with E-state index in [0.717, 1.165) is 46.1 Å². The Balaban J connectivity index is 1.32. The molecule has 0 saturated carbocycles. The molecule has 1 atom stereocenters. The minimum absolute atomic E-state index is 0.0412. The second-order valence-corrected chi connectivity index (χ2v) is 11.8. The number of hydrogen-bond donors (Lipinski definition) is 2. The molecule has 1 amide bonds. The van der Waals surface area contributed by atoms with Crippen LogP contribution in [0.5, 0.6) is 0 Å². The SMILES string of the molecule is CN(C)Cc1cc(Cc2cccc(CC(NC(=O)c3c(F)cc(N4CCC(F)(F)CC4)cc3F)C(=O)O)c2)c2cnccc2c1. The number of rotatable bonds is 10. The van der Waals surface area contributed by atoms with Crippen molar-refractivity contribution in [2.24, 2.45) is 0 Å². The average molecular weight is 623 g/mol. The van der Waals surface area contributed by atoms with Crippen molar-refractivity contribution in [3.8, 4) is 0 Å². The van der Waals surface area contributed by atoms with Crippen molar-refractivity contribution in [1.29, 1.82) is 0 Å². The number of fused-ring (bicyclic) bond motifs is 1. The Hall–Kier alpha value is -4.51. The Morgan fingerprint density at radius 3 is 2.36 bits per heavy atom. The average Bonchev–Trinajstić information content (AvgIpc) is 2.96. The van der Waals surface area contributed by atoms with Gasteiger partial charge in [-0.25, -0.2) is 22.4 Å². The number of aliphatic carboxylic acids is 1. The molecule has 45 heavy (non-hydrogen) atoms. The number of piperidine rings is 1. The molecule has 1 fully saturated rings. The zero-order valence-electron chi connectivity index (χ0n) is 25.0. The molecule has 0 spiro atoms. The van der Waals surface area contributed by atoms with Crippen LogP contribution in [0, 0.1) is 11.6 Å². The standard InChI is InChI=1S/C34H34F4N4O3/c1-41(2)20-23-14-24-6-9-39-19-27(24)25(15-23)13-21-4-3-5-22(12-21)16-30(33(44)45)40-32(43)31-28(35)17-26(18-29(31)36)42-10-7-34(37,38)8-11-42/h3-6,9,12,14-15,17-19,30H,7-8,10-11,13,16,20H2,1-2H3,(H,40,43)(H,44,45). The van der Waals surface area contributed by atoms with Gasteiger partial charge < -0.3 is 20.2 Å². The number of halogens is 4. The molecule has 1 saturated heterocycles. The van der Waals surface area contributed by atoms with Crippen LogP contribution in [-0.4, -0.2) is 66.0 Å². The monoisotopic (exact) mass is 622 g/mol. The molecule has 1 aliphatic heterocycles. The number of hydrogen-bond acceptors (Lipinski definition) is 5. The summed E-state index contributed by atoms with van der Waals surface area (Å²) in [6.07, 6.45) is 3.10. The van der Waals surface area contributed by atoms with Crippen LogP contribution in [0.3, 0.4) is 0 Å². The predicted molar refractivity (Wildman–Crippen MR) is 164 cm³/mol. The summed E-state index contributed by atoms with van der Waals surface area (Å²) >= 11 is 0. The number of carboxylic acid groups (broad SMARTS) is 1. The number of nitrogens with one attached hydrogen (secondary N) is 1.